The van der Waals surface area contributed by atoms with Crippen LogP contribution in [0.4, 0.5) is 0 Å². The van der Waals surface area contributed by atoms with E-state index in [1.165, 1.54) is 4.90 Å². The number of hydrogen-bond acceptors (Lipinski definition) is 20. The zero-order valence-electron chi connectivity index (χ0n) is 43.0. The van der Waals surface area contributed by atoms with Crippen LogP contribution in [0.1, 0.15) is 71.1 Å². The summed E-state index contributed by atoms with van der Waals surface area (Å²) in [4.78, 5) is 172. The number of hydrogen-bond donors (Lipinski definition) is 17. The first kappa shape index (κ1) is 66.7. The molecule has 13 amide bonds. The van der Waals surface area contributed by atoms with Crippen molar-refractivity contribution < 1.29 is 72.5 Å². The lowest BCUT2D eigenvalue weighted by molar-refractivity contribution is -0.143. The monoisotopic (exact) mass is 1130 g/mol. The second-order valence-corrected chi connectivity index (χ2v) is 18.4. The number of primary amides is 2. The van der Waals surface area contributed by atoms with Gasteiger partial charge in [-0.05, 0) is 63.8 Å². The Morgan fingerprint density at radius 2 is 1.35 bits per heavy atom. The summed E-state index contributed by atoms with van der Waals surface area (Å²) in [6, 6.07) is -11.2. The molecule has 436 valence electrons. The van der Waals surface area contributed by atoms with Crippen molar-refractivity contribution in [1.29, 1.82) is 0 Å². The molecule has 34 nitrogen and oxygen atoms in total. The lowest BCUT2D eigenvalue weighted by Crippen LogP contribution is -2.60. The molecule has 0 spiro atoms. The Labute approximate surface area is 452 Å². The van der Waals surface area contributed by atoms with Crippen LogP contribution < -0.4 is 76.3 Å². The maximum absolute atomic E-state index is 14.2. The van der Waals surface area contributed by atoms with Gasteiger partial charge < -0.3 is 85.1 Å². The van der Waals surface area contributed by atoms with Gasteiger partial charge in [-0.3, -0.25) is 73.6 Å². The molecule has 35 heteroatoms. The molecule has 0 aromatic carbocycles. The molecule has 20 N–H and O–H groups in total. The van der Waals surface area contributed by atoms with Gasteiger partial charge in [0.15, 0.2) is 0 Å². The van der Waals surface area contributed by atoms with E-state index in [0.717, 1.165) is 4.90 Å². The summed E-state index contributed by atoms with van der Waals surface area (Å²) in [6.45, 7) is -2.28. The molecule has 2 aliphatic rings. The van der Waals surface area contributed by atoms with Crippen LogP contribution in [-0.4, -0.2) is 216 Å². The number of aliphatic hydroxyl groups is 2. The van der Waals surface area contributed by atoms with Crippen molar-refractivity contribution >= 4 is 89.4 Å². The van der Waals surface area contributed by atoms with Gasteiger partial charge in [0.25, 0.3) is 0 Å². The summed E-state index contributed by atoms with van der Waals surface area (Å²) in [5.41, 5.74) is 27.2. The first-order chi connectivity index (χ1) is 37.0. The lowest BCUT2D eigenvalue weighted by atomic mass is 10.1. The third-order valence-electron chi connectivity index (χ3n) is 12.2. The molecule has 0 bridgehead atoms. The van der Waals surface area contributed by atoms with Crippen LogP contribution in [0.5, 0.6) is 0 Å². The Bertz CT molecular complexity index is 2210. The van der Waals surface area contributed by atoms with Gasteiger partial charge in [0.05, 0.1) is 45.4 Å². The minimum absolute atomic E-state index is 0.0343. The molecular weight excluding hydrogens is 1050 g/mol. The maximum Gasteiger partial charge on any atom is 0.246 e. The molecule has 0 aromatic rings. The van der Waals surface area contributed by atoms with Gasteiger partial charge in [0.2, 0.25) is 76.8 Å². The molecule has 2 saturated heterocycles. The predicted octanol–water partition coefficient (Wildman–Crippen LogP) is -9.43. The van der Waals surface area contributed by atoms with Crippen molar-refractivity contribution in [3.8, 4) is 0 Å². The second-order valence-electron chi connectivity index (χ2n) is 18.1. The number of amides is 13. The number of thiol groups is 1. The van der Waals surface area contributed by atoms with Crippen molar-refractivity contribution in [2.75, 3.05) is 64.8 Å². The van der Waals surface area contributed by atoms with Crippen molar-refractivity contribution in [3.63, 3.8) is 0 Å². The number of azide groups is 1. The summed E-state index contributed by atoms with van der Waals surface area (Å²) >= 11 is 4.20. The highest BCUT2D eigenvalue weighted by atomic mass is 32.1. The maximum atomic E-state index is 14.2. The molecule has 0 aromatic heterocycles. The molecule has 0 saturated carbocycles. The molecule has 0 aliphatic carbocycles. The fourth-order valence-electron chi connectivity index (χ4n) is 8.04. The summed E-state index contributed by atoms with van der Waals surface area (Å²) in [5.74, 6) is -5.88. The van der Waals surface area contributed by atoms with Crippen molar-refractivity contribution in [2.24, 2.45) is 28.2 Å². The van der Waals surface area contributed by atoms with E-state index >= 15 is 0 Å². The van der Waals surface area contributed by atoms with E-state index in [9.17, 15) is 72.5 Å². The van der Waals surface area contributed by atoms with E-state index < -0.39 is 183 Å². The SMILES string of the molecule is CC1C[C@H](NC(=O)[C@H](CS)NC(=O)[C@@H]2CCCN2C(=O)[C@H](CCCNN)NC(=O)[C@H](CCC(N)=O)NC(=O)[C@H](CO)NC(=O)CNC(=O)CNC(=O)CNC(=O)CNC(=O)[C@@H](N)CCCCN=[N+]=[N-])C(=O)N1[C@@H](CO)C(N)=O. The number of likely N-dealkylation sites (tertiary alicyclic amines) is 2. The first-order valence-electron chi connectivity index (χ1n) is 24.8. The molecular formula is C43H73N19O15S. The van der Waals surface area contributed by atoms with E-state index in [-0.39, 0.29) is 57.5 Å². The van der Waals surface area contributed by atoms with Gasteiger partial charge >= 0.3 is 0 Å². The number of rotatable bonds is 36. The highest BCUT2D eigenvalue weighted by Crippen LogP contribution is 2.23. The van der Waals surface area contributed by atoms with Crippen LogP contribution >= 0.6 is 12.6 Å². The normalized spacial score (nSPS) is 18.0. The predicted molar refractivity (Wildman–Crippen MR) is 274 cm³/mol. The summed E-state index contributed by atoms with van der Waals surface area (Å²) < 4.78 is 0. The number of unbranched alkanes of at least 4 members (excludes halogenated alkanes) is 1. The van der Waals surface area contributed by atoms with E-state index in [0.29, 0.717) is 19.3 Å². The summed E-state index contributed by atoms with van der Waals surface area (Å²) in [6.07, 6.45) is 1.03. The highest BCUT2D eigenvalue weighted by molar-refractivity contribution is 7.80. The standard InChI is InChI=1S/C43H73N19O15S/c1-22-14-26(43(77)62(22)30(20-64)36(46)70)58-40(74)28(21-78)59-41(75)29-8-5-13-61(29)42(76)25(7-4-11-53-47)57-38(72)24(9-10-31(45)65)56-39(73)27(19-63)55-35(69)18-51-33(67)16-49-32(66)15-50-34(68)17-52-37(71)23(44)6-2-3-12-54-60-48/h22-30,53,63-64,78H,2-21,44,47H2,1H3,(H2,45,65)(H2,46,70)(H,49,66)(H,50,68)(H,51,67)(H,52,71)(H,55,69)(H,56,73)(H,57,72)(H,58,74)(H,59,75)/t22?,23-,24-,25-,26-,27-,28-,29-,30-/m0/s1. The van der Waals surface area contributed by atoms with Crippen LogP contribution in [-0.2, 0) is 62.3 Å². The zero-order chi connectivity index (χ0) is 58.5. The van der Waals surface area contributed by atoms with E-state index in [2.05, 4.69) is 75.9 Å². The summed E-state index contributed by atoms with van der Waals surface area (Å²) in [7, 11) is 0. The molecule has 1 unspecified atom stereocenters. The van der Waals surface area contributed by atoms with E-state index in [1.54, 1.807) is 6.92 Å². The fraction of sp³-hybridized carbons (Fsp3) is 0.698. The molecule has 78 heavy (non-hydrogen) atoms. The van der Waals surface area contributed by atoms with Gasteiger partial charge in [-0.15, -0.1) is 0 Å². The van der Waals surface area contributed by atoms with Crippen LogP contribution in [0, 0.1) is 0 Å². The van der Waals surface area contributed by atoms with Crippen LogP contribution in [0.15, 0.2) is 5.11 Å². The van der Waals surface area contributed by atoms with Gasteiger partial charge in [0.1, 0.15) is 42.3 Å². The Balaban J connectivity index is 2.01. The topological polar surface area (TPSA) is 542 Å². The van der Waals surface area contributed by atoms with Crippen LogP contribution in [0.2, 0.25) is 0 Å². The fourth-order valence-corrected chi connectivity index (χ4v) is 8.29. The average molecular weight is 1130 g/mol. The second kappa shape index (κ2) is 35.1. The number of nitrogens with zero attached hydrogens (tertiary/aromatic N) is 5. The minimum atomic E-state index is -1.74. The number of carbonyl (C=O) groups excluding carboxylic acids is 13. The van der Waals surface area contributed by atoms with E-state index in [1.807, 2.05) is 0 Å². The average Bonchev–Trinajstić information content (AvgIpc) is 4.01. The Hall–Kier alpha value is -7.43. The Morgan fingerprint density at radius 3 is 1.91 bits per heavy atom. The third kappa shape index (κ3) is 22.6. The number of aliphatic hydroxyl groups excluding tert-OH is 2. The van der Waals surface area contributed by atoms with Crippen molar-refractivity contribution in [2.45, 2.75) is 126 Å². The molecule has 2 aliphatic heterocycles. The Kier molecular flexibility index (Phi) is 30.0. The quantitative estimate of drug-likeness (QED) is 0.00527. The van der Waals surface area contributed by atoms with Crippen molar-refractivity contribution in [3.05, 3.63) is 10.4 Å². The summed E-state index contributed by atoms with van der Waals surface area (Å²) in [5, 5.41) is 44.0. The van der Waals surface area contributed by atoms with Gasteiger partial charge in [-0.2, -0.15) is 12.6 Å². The third-order valence-corrected chi connectivity index (χ3v) is 12.5. The number of nitrogens with one attached hydrogen (secondary N) is 10. The minimum Gasteiger partial charge on any atom is -0.394 e. The Morgan fingerprint density at radius 1 is 0.744 bits per heavy atom. The number of nitrogens with two attached hydrogens (primary N) is 4. The molecule has 0 radical (unpaired) electrons. The molecule has 2 fully saturated rings. The van der Waals surface area contributed by atoms with Crippen LogP contribution in [0.3, 0.4) is 0 Å². The largest absolute Gasteiger partial charge is 0.394 e. The lowest BCUT2D eigenvalue weighted by Gasteiger charge is -2.31. The molecule has 9 atom stereocenters. The molecule has 2 rings (SSSR count). The highest BCUT2D eigenvalue weighted by Gasteiger charge is 2.45. The first-order valence-corrected chi connectivity index (χ1v) is 25.5. The zero-order valence-corrected chi connectivity index (χ0v) is 43.9. The number of hydrazine groups is 1. The molecule has 2 heterocycles. The van der Waals surface area contributed by atoms with Crippen molar-refractivity contribution in [1.82, 2.24) is 63.1 Å². The smallest absolute Gasteiger partial charge is 0.246 e. The van der Waals surface area contributed by atoms with Gasteiger partial charge in [-0.25, -0.2) is 0 Å². The van der Waals surface area contributed by atoms with Crippen LogP contribution in [0.25, 0.3) is 10.4 Å². The van der Waals surface area contributed by atoms with Gasteiger partial charge in [0, 0.05) is 42.8 Å². The van der Waals surface area contributed by atoms with E-state index in [4.69, 9.17) is 28.6 Å². The van der Waals surface area contributed by atoms with Gasteiger partial charge in [-0.1, -0.05) is 11.5 Å². The number of carbonyl (C=O) groups is 13.